The lowest BCUT2D eigenvalue weighted by Crippen LogP contribution is -2.38. The molecule has 2 aromatic rings. The van der Waals surface area contributed by atoms with Crippen molar-refractivity contribution in [1.82, 2.24) is 4.90 Å². The van der Waals surface area contributed by atoms with Crippen LogP contribution in [0.4, 0.5) is 0 Å². The summed E-state index contributed by atoms with van der Waals surface area (Å²) in [5.41, 5.74) is 10.4. The fourth-order valence-corrected chi connectivity index (χ4v) is 5.93. The summed E-state index contributed by atoms with van der Waals surface area (Å²) in [5, 5.41) is 0. The Morgan fingerprint density at radius 3 is 2.73 bits per heavy atom. The second kappa shape index (κ2) is 7.75. The molecule has 26 heavy (non-hydrogen) atoms. The Bertz CT molecular complexity index is 817. The van der Waals surface area contributed by atoms with Crippen LogP contribution in [0.1, 0.15) is 45.8 Å². The van der Waals surface area contributed by atoms with Gasteiger partial charge in [0.2, 0.25) is 0 Å². The van der Waals surface area contributed by atoms with Crippen molar-refractivity contribution in [3.05, 3.63) is 64.7 Å². The van der Waals surface area contributed by atoms with Gasteiger partial charge in [-0.1, -0.05) is 46.3 Å². The molecule has 1 atom stereocenters. The number of hydrogen-bond acceptors (Lipinski definition) is 3. The Balaban J connectivity index is 1.45. The number of likely N-dealkylation sites (tertiary alicyclic amines) is 1. The first-order valence-electron chi connectivity index (χ1n) is 9.16. The average Bonchev–Trinajstić information content (AvgIpc) is 3.07. The van der Waals surface area contributed by atoms with Gasteiger partial charge in [-0.25, -0.2) is 0 Å². The largest absolute Gasteiger partial charge is 0.339 e. The van der Waals surface area contributed by atoms with E-state index < -0.39 is 0 Å². The maximum Gasteiger partial charge on any atom is 0.254 e. The average molecular weight is 431 g/mol. The summed E-state index contributed by atoms with van der Waals surface area (Å²) in [6.07, 6.45) is 2.96. The Labute approximate surface area is 167 Å². The molecule has 2 N–H and O–H groups in total. The molecule has 4 rings (SSSR count). The fraction of sp³-hybridized carbons (Fsp3) is 0.381. The Kier molecular flexibility index (Phi) is 5.39. The molecule has 0 bridgehead atoms. The monoisotopic (exact) mass is 430 g/mol. The molecule has 0 spiro atoms. The number of nitrogens with two attached hydrogens (primary N) is 1. The van der Waals surface area contributed by atoms with Crippen LogP contribution < -0.4 is 5.73 Å². The number of benzene rings is 2. The molecule has 0 aromatic heterocycles. The lowest BCUT2D eigenvalue weighted by Gasteiger charge is -2.33. The Hall–Kier alpha value is -1.30. The summed E-state index contributed by atoms with van der Waals surface area (Å²) in [6.45, 7) is 2.23. The number of nitrogens with zero attached hydrogens (tertiary/aromatic N) is 1. The minimum absolute atomic E-state index is 0.193. The van der Waals surface area contributed by atoms with Gasteiger partial charge in [-0.2, -0.15) is 0 Å². The number of hydrogen-bond donors (Lipinski definition) is 1. The first-order chi connectivity index (χ1) is 12.7. The second-order valence-electron chi connectivity index (χ2n) is 7.03. The molecule has 1 unspecified atom stereocenters. The lowest BCUT2D eigenvalue weighted by molar-refractivity contribution is 0.0711. The van der Waals surface area contributed by atoms with Gasteiger partial charge < -0.3 is 10.6 Å². The zero-order chi connectivity index (χ0) is 18.1. The van der Waals surface area contributed by atoms with Crippen molar-refractivity contribution in [3.8, 4) is 0 Å². The SMILES string of the molecule is NCc1cccc(C2CCN(C(=O)c3cccc4c3CC(Br)S4)CC2)c1. The molecule has 1 saturated heterocycles. The Morgan fingerprint density at radius 2 is 1.96 bits per heavy atom. The molecule has 1 fully saturated rings. The number of fused-ring (bicyclic) bond motifs is 1. The van der Waals surface area contributed by atoms with Crippen LogP contribution in [-0.2, 0) is 13.0 Å². The highest BCUT2D eigenvalue weighted by Crippen LogP contribution is 2.42. The molecule has 2 aliphatic heterocycles. The number of piperidine rings is 1. The molecule has 136 valence electrons. The summed E-state index contributed by atoms with van der Waals surface area (Å²) < 4.78 is 0.381. The van der Waals surface area contributed by atoms with Crippen LogP contribution in [0.2, 0.25) is 0 Å². The maximum absolute atomic E-state index is 13.1. The standard InChI is InChI=1S/C21H23BrN2OS/c22-20-12-18-17(5-2-6-19(18)26-20)21(25)24-9-7-15(8-10-24)16-4-1-3-14(11-16)13-23/h1-6,11,15,20H,7-10,12-13,23H2. The third-order valence-electron chi connectivity index (χ3n) is 5.42. The highest BCUT2D eigenvalue weighted by Gasteiger charge is 2.29. The van der Waals surface area contributed by atoms with Gasteiger partial charge in [0.05, 0.1) is 4.16 Å². The van der Waals surface area contributed by atoms with E-state index in [9.17, 15) is 4.79 Å². The van der Waals surface area contributed by atoms with Gasteiger partial charge in [-0.05, 0) is 54.0 Å². The second-order valence-corrected chi connectivity index (χ2v) is 9.99. The number of halogens is 1. The maximum atomic E-state index is 13.1. The molecule has 2 aliphatic rings. The van der Waals surface area contributed by atoms with Crippen molar-refractivity contribution in [2.24, 2.45) is 5.73 Å². The van der Waals surface area contributed by atoms with Crippen molar-refractivity contribution in [2.45, 2.75) is 40.8 Å². The highest BCUT2D eigenvalue weighted by molar-refractivity contribution is 9.11. The minimum Gasteiger partial charge on any atom is -0.339 e. The lowest BCUT2D eigenvalue weighted by atomic mass is 9.88. The molecule has 3 nitrogen and oxygen atoms in total. The molecule has 0 radical (unpaired) electrons. The van der Waals surface area contributed by atoms with Crippen LogP contribution in [0.25, 0.3) is 0 Å². The van der Waals surface area contributed by atoms with Crippen LogP contribution in [-0.4, -0.2) is 28.1 Å². The van der Waals surface area contributed by atoms with Gasteiger partial charge in [0, 0.05) is 30.1 Å². The minimum atomic E-state index is 0.193. The third-order valence-corrected chi connectivity index (χ3v) is 7.37. The smallest absolute Gasteiger partial charge is 0.254 e. The van der Waals surface area contributed by atoms with Crippen molar-refractivity contribution in [3.63, 3.8) is 0 Å². The van der Waals surface area contributed by atoms with E-state index in [4.69, 9.17) is 5.73 Å². The first kappa shape index (κ1) is 18.1. The predicted molar refractivity (Wildman–Crippen MR) is 111 cm³/mol. The molecule has 0 aliphatic carbocycles. The van der Waals surface area contributed by atoms with Gasteiger partial charge in [0.25, 0.3) is 5.91 Å². The van der Waals surface area contributed by atoms with E-state index in [2.05, 4.69) is 46.3 Å². The van der Waals surface area contributed by atoms with E-state index in [0.29, 0.717) is 16.6 Å². The fourth-order valence-electron chi connectivity index (χ4n) is 3.99. The number of alkyl halides is 1. The topological polar surface area (TPSA) is 46.3 Å². The normalized spacial score (nSPS) is 20.2. The van der Waals surface area contributed by atoms with Crippen molar-refractivity contribution in [2.75, 3.05) is 13.1 Å². The number of carbonyl (C=O) groups is 1. The summed E-state index contributed by atoms with van der Waals surface area (Å²) in [6, 6.07) is 14.7. The summed E-state index contributed by atoms with van der Waals surface area (Å²) in [7, 11) is 0. The zero-order valence-electron chi connectivity index (χ0n) is 14.7. The van der Waals surface area contributed by atoms with E-state index >= 15 is 0 Å². The van der Waals surface area contributed by atoms with Gasteiger partial charge in [0.15, 0.2) is 0 Å². The summed E-state index contributed by atoms with van der Waals surface area (Å²) in [4.78, 5) is 16.4. The van der Waals surface area contributed by atoms with Gasteiger partial charge >= 0.3 is 0 Å². The van der Waals surface area contributed by atoms with E-state index in [1.165, 1.54) is 21.6 Å². The van der Waals surface area contributed by atoms with Crippen LogP contribution >= 0.6 is 27.7 Å². The van der Waals surface area contributed by atoms with Gasteiger partial charge in [-0.3, -0.25) is 4.79 Å². The zero-order valence-corrected chi connectivity index (χ0v) is 17.1. The molecular formula is C21H23BrN2OS. The van der Waals surface area contributed by atoms with Crippen LogP contribution in [0.15, 0.2) is 47.4 Å². The van der Waals surface area contributed by atoms with Crippen LogP contribution in [0.3, 0.4) is 0 Å². The predicted octanol–water partition coefficient (Wildman–Crippen LogP) is 4.53. The van der Waals surface area contributed by atoms with Crippen molar-refractivity contribution in [1.29, 1.82) is 0 Å². The number of rotatable bonds is 3. The van der Waals surface area contributed by atoms with Crippen LogP contribution in [0.5, 0.6) is 0 Å². The van der Waals surface area contributed by atoms with E-state index in [-0.39, 0.29) is 5.91 Å². The third kappa shape index (κ3) is 3.57. The summed E-state index contributed by atoms with van der Waals surface area (Å²) in [5.74, 6) is 0.715. The summed E-state index contributed by atoms with van der Waals surface area (Å²) >= 11 is 5.48. The first-order valence-corrected chi connectivity index (χ1v) is 11.0. The van der Waals surface area contributed by atoms with E-state index in [1.807, 2.05) is 17.0 Å². The molecule has 0 saturated carbocycles. The van der Waals surface area contributed by atoms with Crippen LogP contribution in [0, 0.1) is 0 Å². The number of thioether (sulfide) groups is 1. The quantitative estimate of drug-likeness (QED) is 0.727. The number of amides is 1. The molecular weight excluding hydrogens is 408 g/mol. The molecule has 5 heteroatoms. The highest BCUT2D eigenvalue weighted by atomic mass is 79.9. The van der Waals surface area contributed by atoms with Gasteiger partial charge in [-0.15, -0.1) is 11.8 Å². The van der Waals surface area contributed by atoms with Crippen molar-refractivity contribution < 1.29 is 4.79 Å². The molecule has 1 amide bonds. The van der Waals surface area contributed by atoms with E-state index in [0.717, 1.165) is 37.9 Å². The molecule has 2 heterocycles. The number of carbonyl (C=O) groups excluding carboxylic acids is 1. The van der Waals surface area contributed by atoms with Gasteiger partial charge in [0.1, 0.15) is 0 Å². The van der Waals surface area contributed by atoms with Crippen molar-refractivity contribution >= 4 is 33.6 Å². The molecule has 2 aromatic carbocycles. The van der Waals surface area contributed by atoms with E-state index in [1.54, 1.807) is 11.8 Å². The Morgan fingerprint density at radius 1 is 1.19 bits per heavy atom.